The van der Waals surface area contributed by atoms with Crippen LogP contribution in [0.25, 0.3) is 6.08 Å². The lowest BCUT2D eigenvalue weighted by Gasteiger charge is -2.18. The van der Waals surface area contributed by atoms with Crippen LogP contribution in [0.1, 0.15) is 19.4 Å². The first-order valence-electron chi connectivity index (χ1n) is 7.77. The highest BCUT2D eigenvalue weighted by atomic mass is 16.5. The van der Waals surface area contributed by atoms with Crippen LogP contribution in [0, 0.1) is 11.3 Å². The van der Waals surface area contributed by atoms with E-state index in [1.54, 1.807) is 17.0 Å². The third kappa shape index (κ3) is 5.43. The molecule has 1 rings (SSSR count). The van der Waals surface area contributed by atoms with Crippen molar-refractivity contribution in [1.82, 2.24) is 4.90 Å². The summed E-state index contributed by atoms with van der Waals surface area (Å²) in [6.07, 6.45) is 1.45. The number of anilines is 1. The first-order valence-corrected chi connectivity index (χ1v) is 7.77. The van der Waals surface area contributed by atoms with Crippen LogP contribution in [0.15, 0.2) is 29.8 Å². The summed E-state index contributed by atoms with van der Waals surface area (Å²) in [5.41, 5.74) is 1.59. The molecule has 0 atom stereocenters. The number of nitriles is 1. The molecule has 0 saturated heterocycles. The Morgan fingerprint density at radius 2 is 1.75 bits per heavy atom. The van der Waals surface area contributed by atoms with E-state index in [4.69, 9.17) is 10.00 Å². The van der Waals surface area contributed by atoms with Crippen LogP contribution in [-0.4, -0.2) is 50.6 Å². The second-order valence-electron chi connectivity index (χ2n) is 5.30. The van der Waals surface area contributed by atoms with Crippen LogP contribution < -0.4 is 4.90 Å². The molecule has 6 nitrogen and oxygen atoms in total. The zero-order valence-corrected chi connectivity index (χ0v) is 14.6. The van der Waals surface area contributed by atoms with Gasteiger partial charge in [-0.15, -0.1) is 0 Å². The van der Waals surface area contributed by atoms with Gasteiger partial charge in [-0.2, -0.15) is 5.26 Å². The maximum Gasteiger partial charge on any atom is 0.349 e. The molecule has 0 heterocycles. The Balaban J connectivity index is 2.76. The molecule has 0 aromatic heterocycles. The lowest BCUT2D eigenvalue weighted by molar-refractivity contribution is -0.148. The van der Waals surface area contributed by atoms with Gasteiger partial charge in [0, 0.05) is 32.9 Å². The first kappa shape index (κ1) is 19.2. The summed E-state index contributed by atoms with van der Waals surface area (Å²) >= 11 is 0. The van der Waals surface area contributed by atoms with Gasteiger partial charge in [0.15, 0.2) is 6.61 Å². The van der Waals surface area contributed by atoms with E-state index in [0.29, 0.717) is 18.7 Å². The largest absolute Gasteiger partial charge is 0.451 e. The average molecular weight is 329 g/mol. The SMILES string of the molecule is CCN(CC)C(=O)COC(=O)/C(C#N)=C/c1ccc(N(C)C)cc1. The zero-order valence-electron chi connectivity index (χ0n) is 14.6. The fraction of sp³-hybridized carbons (Fsp3) is 0.389. The summed E-state index contributed by atoms with van der Waals surface area (Å²) in [6.45, 7) is 4.43. The average Bonchev–Trinajstić information content (AvgIpc) is 2.59. The van der Waals surface area contributed by atoms with E-state index in [0.717, 1.165) is 5.69 Å². The molecule has 1 aromatic carbocycles. The van der Waals surface area contributed by atoms with E-state index >= 15 is 0 Å². The van der Waals surface area contributed by atoms with Crippen molar-refractivity contribution in [2.24, 2.45) is 0 Å². The maximum absolute atomic E-state index is 12.0. The number of esters is 1. The van der Waals surface area contributed by atoms with Gasteiger partial charge >= 0.3 is 5.97 Å². The van der Waals surface area contributed by atoms with Crippen LogP contribution in [-0.2, 0) is 14.3 Å². The number of likely N-dealkylation sites (N-methyl/N-ethyl adjacent to an activating group) is 1. The van der Waals surface area contributed by atoms with Crippen molar-refractivity contribution in [2.75, 3.05) is 38.7 Å². The lowest BCUT2D eigenvalue weighted by atomic mass is 10.1. The molecule has 0 spiro atoms. The van der Waals surface area contributed by atoms with Gasteiger partial charge in [0.25, 0.3) is 5.91 Å². The summed E-state index contributed by atoms with van der Waals surface area (Å²) in [7, 11) is 3.85. The number of rotatable bonds is 7. The minimum atomic E-state index is -0.797. The summed E-state index contributed by atoms with van der Waals surface area (Å²) in [4.78, 5) is 27.3. The van der Waals surface area contributed by atoms with Crippen molar-refractivity contribution >= 4 is 23.6 Å². The predicted molar refractivity (Wildman–Crippen MR) is 93.2 cm³/mol. The predicted octanol–water partition coefficient (Wildman–Crippen LogP) is 2.07. The number of hydrogen-bond acceptors (Lipinski definition) is 5. The highest BCUT2D eigenvalue weighted by Gasteiger charge is 2.15. The van der Waals surface area contributed by atoms with Crippen LogP contribution in [0.5, 0.6) is 0 Å². The molecule has 1 aromatic rings. The summed E-state index contributed by atoms with van der Waals surface area (Å²) in [5.74, 6) is -1.07. The van der Waals surface area contributed by atoms with Gasteiger partial charge in [-0.3, -0.25) is 4.79 Å². The normalized spacial score (nSPS) is 10.7. The number of hydrogen-bond donors (Lipinski definition) is 0. The van der Waals surface area contributed by atoms with Crippen molar-refractivity contribution in [3.05, 3.63) is 35.4 Å². The van der Waals surface area contributed by atoms with Gasteiger partial charge in [0.1, 0.15) is 11.6 Å². The fourth-order valence-corrected chi connectivity index (χ4v) is 2.04. The highest BCUT2D eigenvalue weighted by Crippen LogP contribution is 2.15. The Kier molecular flexibility index (Phi) is 7.50. The fourth-order valence-electron chi connectivity index (χ4n) is 2.04. The first-order chi connectivity index (χ1) is 11.4. The van der Waals surface area contributed by atoms with Crippen molar-refractivity contribution < 1.29 is 14.3 Å². The van der Waals surface area contributed by atoms with Gasteiger partial charge in [-0.25, -0.2) is 4.79 Å². The molecular formula is C18H23N3O3. The Labute approximate surface area is 142 Å². The van der Waals surface area contributed by atoms with Crippen molar-refractivity contribution in [1.29, 1.82) is 5.26 Å². The second kappa shape index (κ2) is 9.36. The van der Waals surface area contributed by atoms with Crippen LogP contribution in [0.3, 0.4) is 0 Å². The molecule has 0 fully saturated rings. The molecule has 128 valence electrons. The Bertz CT molecular complexity index is 638. The molecular weight excluding hydrogens is 306 g/mol. The molecule has 1 amide bonds. The zero-order chi connectivity index (χ0) is 18.1. The van der Waals surface area contributed by atoms with Gasteiger partial charge in [-0.1, -0.05) is 12.1 Å². The van der Waals surface area contributed by atoms with Crippen molar-refractivity contribution in [3.8, 4) is 6.07 Å². The van der Waals surface area contributed by atoms with Crippen LogP contribution >= 0.6 is 0 Å². The van der Waals surface area contributed by atoms with E-state index in [9.17, 15) is 9.59 Å². The summed E-state index contributed by atoms with van der Waals surface area (Å²) in [5, 5.41) is 9.14. The number of nitrogens with zero attached hydrogens (tertiary/aromatic N) is 3. The molecule has 0 aliphatic heterocycles. The number of benzene rings is 1. The third-order valence-electron chi connectivity index (χ3n) is 3.50. The smallest absolute Gasteiger partial charge is 0.349 e. The topological polar surface area (TPSA) is 73.6 Å². The molecule has 0 aliphatic carbocycles. The number of carbonyl (C=O) groups is 2. The molecule has 24 heavy (non-hydrogen) atoms. The summed E-state index contributed by atoms with van der Waals surface area (Å²) < 4.78 is 4.95. The summed E-state index contributed by atoms with van der Waals surface area (Å²) in [6, 6.07) is 9.20. The maximum atomic E-state index is 12.0. The monoisotopic (exact) mass is 329 g/mol. The second-order valence-corrected chi connectivity index (χ2v) is 5.30. The minimum Gasteiger partial charge on any atom is -0.451 e. The molecule has 0 radical (unpaired) electrons. The van der Waals surface area contributed by atoms with Crippen LogP contribution in [0.2, 0.25) is 0 Å². The van der Waals surface area contributed by atoms with Gasteiger partial charge < -0.3 is 14.5 Å². The van der Waals surface area contributed by atoms with E-state index in [1.165, 1.54) is 6.08 Å². The molecule has 0 bridgehead atoms. The number of carbonyl (C=O) groups excluding carboxylic acids is 2. The number of ether oxygens (including phenoxy) is 1. The van der Waals surface area contributed by atoms with Crippen molar-refractivity contribution in [2.45, 2.75) is 13.8 Å². The standard InChI is InChI=1S/C18H23N3O3/c1-5-21(6-2)17(22)13-24-18(23)15(12-19)11-14-7-9-16(10-8-14)20(3)4/h7-11H,5-6,13H2,1-4H3/b15-11+. The van der Waals surface area contributed by atoms with Crippen LogP contribution in [0.4, 0.5) is 5.69 Å². The highest BCUT2D eigenvalue weighted by molar-refractivity contribution is 5.98. The van der Waals surface area contributed by atoms with Gasteiger partial charge in [-0.05, 0) is 37.6 Å². The number of amides is 1. The molecule has 6 heteroatoms. The van der Waals surface area contributed by atoms with E-state index in [-0.39, 0.29) is 18.1 Å². The Morgan fingerprint density at radius 1 is 1.17 bits per heavy atom. The molecule has 0 aliphatic rings. The Hall–Kier alpha value is -2.81. The molecule has 0 N–H and O–H groups in total. The van der Waals surface area contributed by atoms with E-state index < -0.39 is 5.97 Å². The lowest BCUT2D eigenvalue weighted by Crippen LogP contribution is -2.34. The quantitative estimate of drug-likeness (QED) is 0.435. The van der Waals surface area contributed by atoms with Gasteiger partial charge in [0.05, 0.1) is 0 Å². The van der Waals surface area contributed by atoms with Gasteiger partial charge in [0.2, 0.25) is 0 Å². The van der Waals surface area contributed by atoms with Crippen molar-refractivity contribution in [3.63, 3.8) is 0 Å². The van der Waals surface area contributed by atoms with E-state index in [1.807, 2.05) is 51.0 Å². The molecule has 0 saturated carbocycles. The molecule has 0 unspecified atom stereocenters. The minimum absolute atomic E-state index is 0.139. The third-order valence-corrected chi connectivity index (χ3v) is 3.50. The van der Waals surface area contributed by atoms with E-state index in [2.05, 4.69) is 0 Å². The Morgan fingerprint density at radius 3 is 2.21 bits per heavy atom.